The van der Waals surface area contributed by atoms with Crippen LogP contribution in [0.3, 0.4) is 0 Å². The highest BCUT2D eigenvalue weighted by molar-refractivity contribution is 5.94. The van der Waals surface area contributed by atoms with Crippen molar-refractivity contribution in [1.29, 1.82) is 0 Å². The molecule has 1 amide bonds. The maximum absolute atomic E-state index is 12.5. The molecular formula is C21H22N4O3. The van der Waals surface area contributed by atoms with Crippen LogP contribution in [0.2, 0.25) is 0 Å². The number of carbonyl (C=O) groups is 2. The lowest BCUT2D eigenvalue weighted by atomic mass is 10.1. The molecule has 0 N–H and O–H groups in total. The van der Waals surface area contributed by atoms with Gasteiger partial charge in [-0.05, 0) is 43.7 Å². The summed E-state index contributed by atoms with van der Waals surface area (Å²) in [5, 5.41) is 4.10. The first-order valence-electron chi connectivity index (χ1n) is 8.90. The van der Waals surface area contributed by atoms with Crippen molar-refractivity contribution in [3.8, 4) is 11.4 Å². The molecule has 0 saturated heterocycles. The van der Waals surface area contributed by atoms with Crippen molar-refractivity contribution in [3.63, 3.8) is 0 Å². The number of benzene rings is 2. The van der Waals surface area contributed by atoms with Crippen molar-refractivity contribution in [3.05, 3.63) is 72.3 Å². The van der Waals surface area contributed by atoms with Gasteiger partial charge < -0.3 is 9.64 Å². The molecule has 1 heterocycles. The molecule has 0 radical (unpaired) electrons. The zero-order valence-corrected chi connectivity index (χ0v) is 16.1. The van der Waals surface area contributed by atoms with Gasteiger partial charge in [-0.15, -0.1) is 0 Å². The third-order valence-corrected chi connectivity index (χ3v) is 4.64. The molecule has 1 unspecified atom stereocenters. The van der Waals surface area contributed by atoms with E-state index in [1.807, 2.05) is 31.2 Å². The zero-order valence-electron chi connectivity index (χ0n) is 16.1. The lowest BCUT2D eigenvalue weighted by molar-refractivity contribution is -0.134. The normalized spacial score (nSPS) is 11.7. The number of hydrogen-bond donors (Lipinski definition) is 0. The number of hydrogen-bond acceptors (Lipinski definition) is 5. The Balaban J connectivity index is 1.61. The Morgan fingerprint density at radius 3 is 2.57 bits per heavy atom. The minimum Gasteiger partial charge on any atom is -0.484 e. The maximum Gasteiger partial charge on any atom is 0.260 e. The van der Waals surface area contributed by atoms with Crippen LogP contribution >= 0.6 is 0 Å². The summed E-state index contributed by atoms with van der Waals surface area (Å²) in [6.45, 7) is 3.35. The monoisotopic (exact) mass is 378 g/mol. The van der Waals surface area contributed by atoms with Gasteiger partial charge in [0.25, 0.3) is 5.91 Å². The molecule has 0 bridgehead atoms. The first-order valence-corrected chi connectivity index (χ1v) is 8.90. The van der Waals surface area contributed by atoms with Gasteiger partial charge in [0.1, 0.15) is 18.4 Å². The molecule has 0 saturated carbocycles. The molecule has 1 aromatic heterocycles. The smallest absolute Gasteiger partial charge is 0.260 e. The molecule has 0 aliphatic carbocycles. The molecule has 28 heavy (non-hydrogen) atoms. The number of aromatic nitrogens is 3. The first-order chi connectivity index (χ1) is 13.5. The number of amides is 1. The number of Topliss-reactive ketones (excluding diaryl/α,β-unsaturated/α-hetero) is 1. The molecule has 3 rings (SSSR count). The van der Waals surface area contributed by atoms with Crippen LogP contribution in [-0.2, 0) is 4.79 Å². The van der Waals surface area contributed by atoms with Crippen LogP contribution < -0.4 is 4.74 Å². The van der Waals surface area contributed by atoms with Gasteiger partial charge in [0.2, 0.25) is 0 Å². The maximum atomic E-state index is 12.5. The topological polar surface area (TPSA) is 77.3 Å². The first kappa shape index (κ1) is 19.3. The van der Waals surface area contributed by atoms with Crippen LogP contribution in [-0.4, -0.2) is 45.0 Å². The summed E-state index contributed by atoms with van der Waals surface area (Å²) in [5.74, 6) is 0.303. The highest BCUT2D eigenvalue weighted by Gasteiger charge is 2.18. The zero-order chi connectivity index (χ0) is 20.1. The van der Waals surface area contributed by atoms with Crippen LogP contribution in [0.25, 0.3) is 5.69 Å². The van der Waals surface area contributed by atoms with Crippen molar-refractivity contribution in [2.75, 3.05) is 13.7 Å². The predicted octanol–water partition coefficient (Wildman–Crippen LogP) is 3.07. The van der Waals surface area contributed by atoms with Gasteiger partial charge in [-0.25, -0.2) is 9.67 Å². The lowest BCUT2D eigenvalue weighted by Crippen LogP contribution is -2.33. The van der Waals surface area contributed by atoms with Gasteiger partial charge in [-0.1, -0.05) is 24.3 Å². The van der Waals surface area contributed by atoms with E-state index in [1.54, 1.807) is 47.2 Å². The molecule has 0 aliphatic rings. The Bertz CT molecular complexity index is 952. The van der Waals surface area contributed by atoms with E-state index in [0.29, 0.717) is 11.3 Å². The molecule has 3 aromatic rings. The van der Waals surface area contributed by atoms with Crippen LogP contribution in [0.5, 0.6) is 5.75 Å². The molecule has 0 fully saturated rings. The molecule has 7 nitrogen and oxygen atoms in total. The van der Waals surface area contributed by atoms with Gasteiger partial charge in [0.15, 0.2) is 12.4 Å². The fourth-order valence-corrected chi connectivity index (χ4v) is 2.74. The van der Waals surface area contributed by atoms with Gasteiger partial charge in [-0.2, -0.15) is 5.10 Å². The lowest BCUT2D eigenvalue weighted by Gasteiger charge is -2.25. The SMILES string of the molecule is CC(=O)c1cccc(OCC(=O)N(C)C(C)c2ccc(-n3cncn3)cc2)c1. The van der Waals surface area contributed by atoms with E-state index in [0.717, 1.165) is 11.3 Å². The summed E-state index contributed by atoms with van der Waals surface area (Å²) < 4.78 is 7.24. The number of carbonyl (C=O) groups excluding carboxylic acids is 2. The van der Waals surface area contributed by atoms with E-state index in [1.165, 1.54) is 13.3 Å². The number of ether oxygens (including phenoxy) is 1. The second kappa shape index (κ2) is 8.47. The molecule has 0 aliphatic heterocycles. The number of likely N-dealkylation sites (N-methyl/N-ethyl adjacent to an activating group) is 1. The van der Waals surface area contributed by atoms with Crippen LogP contribution in [0, 0.1) is 0 Å². The van der Waals surface area contributed by atoms with E-state index in [9.17, 15) is 9.59 Å². The molecule has 144 valence electrons. The van der Waals surface area contributed by atoms with E-state index < -0.39 is 0 Å². The third-order valence-electron chi connectivity index (χ3n) is 4.64. The summed E-state index contributed by atoms with van der Waals surface area (Å²) in [6.07, 6.45) is 3.11. The molecule has 2 aromatic carbocycles. The predicted molar refractivity (Wildman–Crippen MR) is 104 cm³/mol. The van der Waals surface area contributed by atoms with Crippen molar-refractivity contribution in [2.45, 2.75) is 19.9 Å². The second-order valence-electron chi connectivity index (χ2n) is 6.48. The minimum absolute atomic E-state index is 0.0446. The van der Waals surface area contributed by atoms with Gasteiger partial charge >= 0.3 is 0 Å². The van der Waals surface area contributed by atoms with Gasteiger partial charge in [0, 0.05) is 12.6 Å². The van der Waals surface area contributed by atoms with Crippen LogP contribution in [0.4, 0.5) is 0 Å². The second-order valence-corrected chi connectivity index (χ2v) is 6.48. The summed E-state index contributed by atoms with van der Waals surface area (Å²) in [5.41, 5.74) is 2.45. The number of nitrogens with zero attached hydrogens (tertiary/aromatic N) is 4. The highest BCUT2D eigenvalue weighted by Crippen LogP contribution is 2.21. The highest BCUT2D eigenvalue weighted by atomic mass is 16.5. The molecule has 1 atom stereocenters. The number of rotatable bonds is 7. The van der Waals surface area contributed by atoms with Crippen molar-refractivity contribution >= 4 is 11.7 Å². The Morgan fingerprint density at radius 2 is 1.93 bits per heavy atom. The van der Waals surface area contributed by atoms with Crippen LogP contribution in [0.1, 0.15) is 35.8 Å². The van der Waals surface area contributed by atoms with E-state index in [4.69, 9.17) is 4.74 Å². The minimum atomic E-state index is -0.152. The Labute approximate surface area is 163 Å². The van der Waals surface area contributed by atoms with Crippen LogP contribution in [0.15, 0.2) is 61.2 Å². The van der Waals surface area contributed by atoms with E-state index >= 15 is 0 Å². The summed E-state index contributed by atoms with van der Waals surface area (Å²) >= 11 is 0. The summed E-state index contributed by atoms with van der Waals surface area (Å²) in [4.78, 5) is 29.5. The third kappa shape index (κ3) is 4.43. The molecular weight excluding hydrogens is 356 g/mol. The average Bonchev–Trinajstić information content (AvgIpc) is 3.26. The van der Waals surface area contributed by atoms with Crippen molar-refractivity contribution < 1.29 is 14.3 Å². The fraction of sp³-hybridized carbons (Fsp3) is 0.238. The van der Waals surface area contributed by atoms with Gasteiger partial charge in [0.05, 0.1) is 11.7 Å². The van der Waals surface area contributed by atoms with Gasteiger partial charge in [-0.3, -0.25) is 9.59 Å². The van der Waals surface area contributed by atoms with Crippen molar-refractivity contribution in [2.24, 2.45) is 0 Å². The standard InChI is InChI=1S/C21H22N4O3/c1-15(17-7-9-19(10-8-17)25-14-22-13-23-25)24(3)21(27)12-28-20-6-4-5-18(11-20)16(2)26/h4-11,13-15H,12H2,1-3H3. The van der Waals surface area contributed by atoms with E-state index in [-0.39, 0.29) is 24.3 Å². The number of ketones is 1. The van der Waals surface area contributed by atoms with Crippen molar-refractivity contribution in [1.82, 2.24) is 19.7 Å². The Kier molecular flexibility index (Phi) is 5.84. The average molecular weight is 378 g/mol. The molecule has 7 heteroatoms. The fourth-order valence-electron chi connectivity index (χ4n) is 2.74. The Morgan fingerprint density at radius 1 is 1.18 bits per heavy atom. The van der Waals surface area contributed by atoms with E-state index in [2.05, 4.69) is 10.1 Å². The Hall–Kier alpha value is -3.48. The quantitative estimate of drug-likeness (QED) is 0.591. The summed E-state index contributed by atoms with van der Waals surface area (Å²) in [6, 6.07) is 14.5. The largest absolute Gasteiger partial charge is 0.484 e. The summed E-state index contributed by atoms with van der Waals surface area (Å²) in [7, 11) is 1.74. The molecule has 0 spiro atoms.